The van der Waals surface area contributed by atoms with Gasteiger partial charge in [0.05, 0.1) is 28.4 Å². The normalized spacial score (nSPS) is 10.1. The molecule has 0 aliphatic heterocycles. The Morgan fingerprint density at radius 3 is 1.68 bits per heavy atom. The summed E-state index contributed by atoms with van der Waals surface area (Å²) in [5.74, 6) is 0.692. The highest BCUT2D eigenvalue weighted by Gasteiger charge is 2.11. The van der Waals surface area contributed by atoms with Crippen molar-refractivity contribution >= 4 is 11.6 Å². The summed E-state index contributed by atoms with van der Waals surface area (Å²) in [5.41, 5.74) is 0.640. The summed E-state index contributed by atoms with van der Waals surface area (Å²) in [4.78, 5) is 24.1. The van der Waals surface area contributed by atoms with Crippen LogP contribution in [-0.4, -0.2) is 58.3 Å². The number of hydrogen-bond acceptors (Lipinski definition) is 12. The summed E-state index contributed by atoms with van der Waals surface area (Å²) in [6, 6.07) is 7.38. The van der Waals surface area contributed by atoms with Gasteiger partial charge in [0.15, 0.2) is 0 Å². The Labute approximate surface area is 159 Å². The minimum atomic E-state index is 0.0179. The van der Waals surface area contributed by atoms with Crippen molar-refractivity contribution in [3.63, 3.8) is 0 Å². The molecule has 2 heterocycles. The topological polar surface area (TPSA) is 136 Å². The van der Waals surface area contributed by atoms with Crippen molar-refractivity contribution in [3.05, 3.63) is 24.3 Å². The van der Waals surface area contributed by atoms with Crippen molar-refractivity contribution in [2.45, 2.75) is 0 Å². The Bertz CT molecular complexity index is 839. The van der Waals surface area contributed by atoms with Crippen LogP contribution >= 0.6 is 0 Å². The lowest BCUT2D eigenvalue weighted by Crippen LogP contribution is -2.04. The molecule has 3 aromatic rings. The van der Waals surface area contributed by atoms with Gasteiger partial charge in [-0.25, -0.2) is 0 Å². The molecule has 0 amide bonds. The highest BCUT2D eigenvalue weighted by Crippen LogP contribution is 2.25. The van der Waals surface area contributed by atoms with Gasteiger partial charge in [-0.1, -0.05) is 6.07 Å². The molecule has 0 fully saturated rings. The van der Waals surface area contributed by atoms with Gasteiger partial charge >= 0.3 is 30.1 Å². The van der Waals surface area contributed by atoms with E-state index in [-0.39, 0.29) is 36.0 Å². The van der Waals surface area contributed by atoms with E-state index in [9.17, 15) is 0 Å². The van der Waals surface area contributed by atoms with E-state index in [4.69, 9.17) is 23.7 Å². The average Bonchev–Trinajstić information content (AvgIpc) is 2.73. The Morgan fingerprint density at radius 2 is 1.14 bits per heavy atom. The fraction of sp³-hybridized carbons (Fsp3) is 0.250. The Morgan fingerprint density at radius 1 is 0.643 bits per heavy atom. The molecule has 2 aromatic heterocycles. The first-order valence-electron chi connectivity index (χ1n) is 7.86. The first-order chi connectivity index (χ1) is 13.6. The maximum absolute atomic E-state index is 5.67. The van der Waals surface area contributed by atoms with Gasteiger partial charge in [0, 0.05) is 11.8 Å². The highest BCUT2D eigenvalue weighted by atomic mass is 16.5. The molecule has 1 aromatic carbocycles. The quantitative estimate of drug-likeness (QED) is 0.601. The summed E-state index contributed by atoms with van der Waals surface area (Å²) in [6.07, 6.45) is 0. The molecule has 0 bridgehead atoms. The maximum Gasteiger partial charge on any atom is 0.331 e. The van der Waals surface area contributed by atoms with Crippen LogP contribution in [0.15, 0.2) is 24.3 Å². The predicted octanol–water partition coefficient (Wildman–Crippen LogP) is 1.63. The van der Waals surface area contributed by atoms with E-state index in [0.29, 0.717) is 11.4 Å². The zero-order chi connectivity index (χ0) is 19.9. The molecular formula is C16H17N7O5. The first-order valence-corrected chi connectivity index (χ1v) is 7.86. The summed E-state index contributed by atoms with van der Waals surface area (Å²) in [6.45, 7) is 0. The fourth-order valence-corrected chi connectivity index (χ4v) is 2.00. The SMILES string of the molecule is COc1nc(Nc2cccc(Oc3nc(OC)nc(OC)n3)c2)nc(OC)n1. The largest absolute Gasteiger partial charge is 0.467 e. The third-order valence-corrected chi connectivity index (χ3v) is 3.20. The second-order valence-electron chi connectivity index (χ2n) is 4.98. The smallest absolute Gasteiger partial charge is 0.331 e. The van der Waals surface area contributed by atoms with E-state index in [0.717, 1.165) is 0 Å². The molecule has 0 aliphatic carbocycles. The molecule has 0 atom stereocenters. The van der Waals surface area contributed by atoms with Gasteiger partial charge in [0.25, 0.3) is 0 Å². The minimum Gasteiger partial charge on any atom is -0.467 e. The van der Waals surface area contributed by atoms with Gasteiger partial charge in [-0.2, -0.15) is 9.97 Å². The molecule has 0 aliphatic rings. The van der Waals surface area contributed by atoms with Crippen LogP contribution in [0, 0.1) is 0 Å². The zero-order valence-corrected chi connectivity index (χ0v) is 15.5. The molecular weight excluding hydrogens is 370 g/mol. The van der Waals surface area contributed by atoms with Crippen molar-refractivity contribution in [1.29, 1.82) is 0 Å². The van der Waals surface area contributed by atoms with Crippen LogP contribution in [0.1, 0.15) is 0 Å². The molecule has 146 valence electrons. The van der Waals surface area contributed by atoms with Crippen molar-refractivity contribution in [1.82, 2.24) is 29.9 Å². The number of anilines is 2. The maximum atomic E-state index is 5.67. The number of hydrogen-bond donors (Lipinski definition) is 1. The number of nitrogens with zero attached hydrogens (tertiary/aromatic N) is 6. The first kappa shape index (κ1) is 18.8. The summed E-state index contributed by atoms with van der Waals surface area (Å²) < 4.78 is 25.7. The Hall–Kier alpha value is -3.96. The molecule has 3 rings (SSSR count). The van der Waals surface area contributed by atoms with Crippen molar-refractivity contribution < 1.29 is 23.7 Å². The van der Waals surface area contributed by atoms with E-state index < -0.39 is 0 Å². The fourth-order valence-electron chi connectivity index (χ4n) is 2.00. The molecule has 28 heavy (non-hydrogen) atoms. The van der Waals surface area contributed by atoms with Gasteiger partial charge in [-0.05, 0) is 12.1 Å². The van der Waals surface area contributed by atoms with Gasteiger partial charge in [-0.15, -0.1) is 19.9 Å². The second-order valence-corrected chi connectivity index (χ2v) is 4.98. The third kappa shape index (κ3) is 4.60. The Balaban J connectivity index is 1.81. The van der Waals surface area contributed by atoms with E-state index in [1.165, 1.54) is 28.4 Å². The lowest BCUT2D eigenvalue weighted by molar-refractivity contribution is 0.320. The van der Waals surface area contributed by atoms with Gasteiger partial charge < -0.3 is 29.0 Å². The number of aromatic nitrogens is 6. The molecule has 1 N–H and O–H groups in total. The summed E-state index contributed by atoms with van der Waals surface area (Å²) in [5, 5.41) is 3.02. The van der Waals surface area contributed by atoms with Crippen molar-refractivity contribution in [2.24, 2.45) is 0 Å². The Kier molecular flexibility index (Phi) is 5.79. The molecule has 0 spiro atoms. The number of ether oxygens (including phenoxy) is 5. The van der Waals surface area contributed by atoms with E-state index in [2.05, 4.69) is 35.2 Å². The standard InChI is InChI=1S/C16H17N7O5/c1-24-12-18-11(19-13(20-12)25-2)17-9-6-5-7-10(8-9)28-16-22-14(26-3)21-15(23-16)27-4/h5-8H,1-4H3,(H,17,18,19,20). The lowest BCUT2D eigenvalue weighted by Gasteiger charge is -2.09. The minimum absolute atomic E-state index is 0.0179. The molecule has 0 saturated carbocycles. The molecule has 0 radical (unpaired) electrons. The highest BCUT2D eigenvalue weighted by molar-refractivity contribution is 5.56. The van der Waals surface area contributed by atoms with Crippen LogP contribution in [0.3, 0.4) is 0 Å². The zero-order valence-electron chi connectivity index (χ0n) is 15.5. The van der Waals surface area contributed by atoms with Crippen LogP contribution in [0.25, 0.3) is 0 Å². The third-order valence-electron chi connectivity index (χ3n) is 3.20. The number of rotatable bonds is 8. The van der Waals surface area contributed by atoms with E-state index >= 15 is 0 Å². The van der Waals surface area contributed by atoms with Crippen LogP contribution in [-0.2, 0) is 0 Å². The summed E-state index contributed by atoms with van der Waals surface area (Å²) >= 11 is 0. The molecule has 12 heteroatoms. The predicted molar refractivity (Wildman–Crippen MR) is 95.7 cm³/mol. The van der Waals surface area contributed by atoms with Crippen LogP contribution < -0.4 is 29.0 Å². The van der Waals surface area contributed by atoms with Gasteiger partial charge in [0.1, 0.15) is 5.75 Å². The van der Waals surface area contributed by atoms with Gasteiger partial charge in [0.2, 0.25) is 5.95 Å². The van der Waals surface area contributed by atoms with E-state index in [1.807, 2.05) is 0 Å². The van der Waals surface area contributed by atoms with Crippen LogP contribution in [0.2, 0.25) is 0 Å². The van der Waals surface area contributed by atoms with Crippen molar-refractivity contribution in [2.75, 3.05) is 33.8 Å². The lowest BCUT2D eigenvalue weighted by atomic mass is 10.3. The van der Waals surface area contributed by atoms with Crippen molar-refractivity contribution in [3.8, 4) is 35.8 Å². The number of benzene rings is 1. The van der Waals surface area contributed by atoms with E-state index in [1.54, 1.807) is 24.3 Å². The average molecular weight is 387 g/mol. The molecule has 0 saturated heterocycles. The molecule has 0 unspecified atom stereocenters. The van der Waals surface area contributed by atoms with Crippen LogP contribution in [0.4, 0.5) is 11.6 Å². The van der Waals surface area contributed by atoms with Gasteiger partial charge in [-0.3, -0.25) is 0 Å². The second kappa shape index (κ2) is 8.62. The monoisotopic (exact) mass is 387 g/mol. The number of methoxy groups -OCH3 is 4. The molecule has 12 nitrogen and oxygen atoms in total. The summed E-state index contributed by atoms with van der Waals surface area (Å²) in [7, 11) is 5.76. The van der Waals surface area contributed by atoms with Crippen LogP contribution in [0.5, 0.6) is 35.8 Å². The number of nitrogens with one attached hydrogen (secondary N) is 1.